The number of nitrogens with zero attached hydrogens (tertiary/aromatic N) is 1. The number of aryl methyl sites for hydroxylation is 1. The largest absolute Gasteiger partial charge is 0.472 e. The van der Waals surface area contributed by atoms with Gasteiger partial charge >= 0.3 is 0 Å². The molecule has 1 aliphatic rings. The normalized spacial score (nSPS) is 21.8. The fourth-order valence-corrected chi connectivity index (χ4v) is 1.30. The average molecular weight is 179 g/mol. The number of hydrogen-bond donors (Lipinski definition) is 0. The van der Waals surface area contributed by atoms with E-state index in [1.54, 1.807) is 0 Å². The van der Waals surface area contributed by atoms with Gasteiger partial charge in [-0.05, 0) is 12.5 Å². The summed E-state index contributed by atoms with van der Waals surface area (Å²) in [5.41, 5.74) is 1.15. The second-order valence-corrected chi connectivity index (χ2v) is 3.28. The van der Waals surface area contributed by atoms with Crippen molar-refractivity contribution in [2.24, 2.45) is 0 Å². The third-order valence-electron chi connectivity index (χ3n) is 2.06. The van der Waals surface area contributed by atoms with Gasteiger partial charge in [-0.1, -0.05) is 6.07 Å². The van der Waals surface area contributed by atoms with Crippen molar-refractivity contribution in [3.8, 4) is 5.88 Å². The quantitative estimate of drug-likeness (QED) is 0.690. The van der Waals surface area contributed by atoms with E-state index in [0.29, 0.717) is 12.5 Å². The van der Waals surface area contributed by atoms with Crippen LogP contribution in [0.3, 0.4) is 0 Å². The molecule has 0 aromatic carbocycles. The molecule has 1 atom stereocenters. The highest BCUT2D eigenvalue weighted by Gasteiger charge is 2.17. The van der Waals surface area contributed by atoms with Crippen LogP contribution in [0.4, 0.5) is 0 Å². The van der Waals surface area contributed by atoms with E-state index in [-0.39, 0.29) is 6.10 Å². The number of hydrogen-bond acceptors (Lipinski definition) is 3. The third kappa shape index (κ3) is 2.18. The smallest absolute Gasteiger partial charge is 0.213 e. The molecule has 3 heteroatoms. The molecule has 70 valence electrons. The van der Waals surface area contributed by atoms with Gasteiger partial charge in [0.25, 0.3) is 0 Å². The van der Waals surface area contributed by atoms with Gasteiger partial charge in [-0.25, -0.2) is 4.98 Å². The molecule has 3 nitrogen and oxygen atoms in total. The molecule has 1 aromatic heterocycles. The molecule has 0 aliphatic carbocycles. The van der Waals surface area contributed by atoms with Crippen LogP contribution >= 0.6 is 0 Å². The van der Waals surface area contributed by atoms with E-state index in [1.807, 2.05) is 25.3 Å². The predicted molar refractivity (Wildman–Crippen MR) is 48.8 cm³/mol. The lowest BCUT2D eigenvalue weighted by Gasteiger charge is -2.10. The number of ether oxygens (including phenoxy) is 2. The summed E-state index contributed by atoms with van der Waals surface area (Å²) in [6.07, 6.45) is 2.97. The molecule has 1 aliphatic heterocycles. The number of rotatable bonds is 2. The summed E-state index contributed by atoms with van der Waals surface area (Å²) < 4.78 is 10.8. The van der Waals surface area contributed by atoms with Crippen LogP contribution in [-0.2, 0) is 4.74 Å². The summed E-state index contributed by atoms with van der Waals surface area (Å²) in [6.45, 7) is 3.50. The number of pyridine rings is 1. The van der Waals surface area contributed by atoms with Crippen LogP contribution in [-0.4, -0.2) is 24.3 Å². The Hall–Kier alpha value is -1.09. The molecule has 0 unspecified atom stereocenters. The maximum absolute atomic E-state index is 5.59. The van der Waals surface area contributed by atoms with Crippen molar-refractivity contribution in [1.82, 2.24) is 4.98 Å². The van der Waals surface area contributed by atoms with Crippen LogP contribution in [0.1, 0.15) is 12.0 Å². The molecule has 2 rings (SSSR count). The first-order chi connectivity index (χ1) is 6.34. The summed E-state index contributed by atoms with van der Waals surface area (Å²) in [5.74, 6) is 0.695. The van der Waals surface area contributed by atoms with E-state index in [2.05, 4.69) is 4.98 Å². The second kappa shape index (κ2) is 3.75. The lowest BCUT2D eigenvalue weighted by molar-refractivity contribution is 0.138. The van der Waals surface area contributed by atoms with Crippen LogP contribution in [0.25, 0.3) is 0 Å². The molecule has 0 spiro atoms. The maximum Gasteiger partial charge on any atom is 0.213 e. The van der Waals surface area contributed by atoms with Crippen molar-refractivity contribution in [2.45, 2.75) is 19.4 Å². The molecule has 13 heavy (non-hydrogen) atoms. The standard InChI is InChI=1S/C10H13NO2/c1-8-2-3-10(11-6-8)13-9-4-5-12-7-9/h2-3,6,9H,4-5,7H2,1H3/t9-/m1/s1. The fourth-order valence-electron chi connectivity index (χ4n) is 1.30. The molecular formula is C10H13NO2. The summed E-state index contributed by atoms with van der Waals surface area (Å²) in [5, 5.41) is 0. The Balaban J connectivity index is 1.97. The van der Waals surface area contributed by atoms with Gasteiger partial charge in [0.15, 0.2) is 0 Å². The lowest BCUT2D eigenvalue weighted by atomic mass is 10.3. The zero-order chi connectivity index (χ0) is 9.10. The van der Waals surface area contributed by atoms with Crippen LogP contribution in [0.5, 0.6) is 5.88 Å². The van der Waals surface area contributed by atoms with Gasteiger partial charge in [-0.3, -0.25) is 0 Å². The zero-order valence-corrected chi connectivity index (χ0v) is 7.69. The highest BCUT2D eigenvalue weighted by molar-refractivity contribution is 5.16. The van der Waals surface area contributed by atoms with E-state index in [1.165, 1.54) is 0 Å². The molecule has 0 saturated carbocycles. The van der Waals surface area contributed by atoms with Crippen molar-refractivity contribution in [1.29, 1.82) is 0 Å². The Morgan fingerprint density at radius 3 is 3.08 bits per heavy atom. The van der Waals surface area contributed by atoms with E-state index >= 15 is 0 Å². The van der Waals surface area contributed by atoms with Crippen molar-refractivity contribution >= 4 is 0 Å². The lowest BCUT2D eigenvalue weighted by Crippen LogP contribution is -2.16. The molecule has 1 saturated heterocycles. The molecular weight excluding hydrogens is 166 g/mol. The highest BCUT2D eigenvalue weighted by Crippen LogP contribution is 2.14. The Morgan fingerprint density at radius 1 is 1.54 bits per heavy atom. The monoisotopic (exact) mass is 179 g/mol. The van der Waals surface area contributed by atoms with E-state index < -0.39 is 0 Å². The van der Waals surface area contributed by atoms with Gasteiger partial charge in [-0.15, -0.1) is 0 Å². The van der Waals surface area contributed by atoms with Gasteiger partial charge in [-0.2, -0.15) is 0 Å². The number of aromatic nitrogens is 1. The molecule has 0 bridgehead atoms. The molecule has 0 radical (unpaired) electrons. The minimum absolute atomic E-state index is 0.190. The zero-order valence-electron chi connectivity index (χ0n) is 7.69. The van der Waals surface area contributed by atoms with Crippen LogP contribution in [0.2, 0.25) is 0 Å². The van der Waals surface area contributed by atoms with Crippen LogP contribution in [0, 0.1) is 6.92 Å². The Morgan fingerprint density at radius 2 is 2.46 bits per heavy atom. The topological polar surface area (TPSA) is 31.4 Å². The molecule has 1 fully saturated rings. The summed E-state index contributed by atoms with van der Waals surface area (Å²) in [7, 11) is 0. The van der Waals surface area contributed by atoms with Crippen molar-refractivity contribution in [3.05, 3.63) is 23.9 Å². The second-order valence-electron chi connectivity index (χ2n) is 3.28. The summed E-state index contributed by atoms with van der Waals surface area (Å²) in [6, 6.07) is 3.89. The van der Waals surface area contributed by atoms with Crippen LogP contribution in [0.15, 0.2) is 18.3 Å². The third-order valence-corrected chi connectivity index (χ3v) is 2.06. The molecule has 2 heterocycles. The van der Waals surface area contributed by atoms with Gasteiger partial charge in [0.05, 0.1) is 13.2 Å². The van der Waals surface area contributed by atoms with E-state index in [9.17, 15) is 0 Å². The Kier molecular flexibility index (Phi) is 2.45. The summed E-state index contributed by atoms with van der Waals surface area (Å²) in [4.78, 5) is 4.16. The first-order valence-electron chi connectivity index (χ1n) is 4.51. The van der Waals surface area contributed by atoms with Gasteiger partial charge in [0, 0.05) is 18.7 Å². The maximum atomic E-state index is 5.59. The van der Waals surface area contributed by atoms with Gasteiger partial charge in [0.1, 0.15) is 6.10 Å². The fraction of sp³-hybridized carbons (Fsp3) is 0.500. The highest BCUT2D eigenvalue weighted by atomic mass is 16.5. The first-order valence-corrected chi connectivity index (χ1v) is 4.51. The minimum atomic E-state index is 0.190. The minimum Gasteiger partial charge on any atom is -0.472 e. The van der Waals surface area contributed by atoms with Crippen molar-refractivity contribution in [2.75, 3.05) is 13.2 Å². The Labute approximate surface area is 77.7 Å². The van der Waals surface area contributed by atoms with Gasteiger partial charge in [0.2, 0.25) is 5.88 Å². The van der Waals surface area contributed by atoms with Crippen molar-refractivity contribution in [3.63, 3.8) is 0 Å². The molecule has 0 amide bonds. The van der Waals surface area contributed by atoms with E-state index in [4.69, 9.17) is 9.47 Å². The first kappa shape index (κ1) is 8.51. The SMILES string of the molecule is Cc1ccc(O[C@@H]2CCOC2)nc1. The van der Waals surface area contributed by atoms with Crippen molar-refractivity contribution < 1.29 is 9.47 Å². The molecule has 1 aromatic rings. The molecule has 0 N–H and O–H groups in total. The van der Waals surface area contributed by atoms with Gasteiger partial charge < -0.3 is 9.47 Å². The van der Waals surface area contributed by atoms with Crippen LogP contribution < -0.4 is 4.74 Å². The Bertz CT molecular complexity index is 265. The predicted octanol–water partition coefficient (Wildman–Crippen LogP) is 1.56. The van der Waals surface area contributed by atoms with E-state index in [0.717, 1.165) is 18.6 Å². The summed E-state index contributed by atoms with van der Waals surface area (Å²) >= 11 is 0. The average Bonchev–Trinajstić information content (AvgIpc) is 2.62.